The molecule has 0 aromatic heterocycles. The lowest BCUT2D eigenvalue weighted by atomic mass is 9.92. The third-order valence-corrected chi connectivity index (χ3v) is 2.57. The minimum absolute atomic E-state index is 0.242. The van der Waals surface area contributed by atoms with Crippen LogP contribution in [0.1, 0.15) is 34.6 Å². The van der Waals surface area contributed by atoms with Gasteiger partial charge in [-0.25, -0.2) is 0 Å². The van der Waals surface area contributed by atoms with E-state index >= 15 is 0 Å². The standard InChI is InChI=1S/C11H20O4/c1-6(12)8-7(2)14-10(11(3,4)5)15-9(8)13/h6-8,10,12H,1-5H3/t6-,7+,8+,10+/m0/s1. The van der Waals surface area contributed by atoms with E-state index in [-0.39, 0.29) is 17.5 Å². The summed E-state index contributed by atoms with van der Waals surface area (Å²) < 4.78 is 10.8. The van der Waals surface area contributed by atoms with Crippen LogP contribution in [0.4, 0.5) is 0 Å². The lowest BCUT2D eigenvalue weighted by Crippen LogP contribution is -2.50. The molecule has 0 spiro atoms. The van der Waals surface area contributed by atoms with Gasteiger partial charge in [-0.15, -0.1) is 0 Å². The maximum absolute atomic E-state index is 11.6. The fourth-order valence-corrected chi connectivity index (χ4v) is 1.65. The summed E-state index contributed by atoms with van der Waals surface area (Å²) >= 11 is 0. The van der Waals surface area contributed by atoms with E-state index < -0.39 is 18.3 Å². The number of cyclic esters (lactones) is 1. The van der Waals surface area contributed by atoms with Crippen molar-refractivity contribution in [1.82, 2.24) is 0 Å². The van der Waals surface area contributed by atoms with Crippen LogP contribution in [-0.4, -0.2) is 29.6 Å². The van der Waals surface area contributed by atoms with Crippen LogP contribution < -0.4 is 0 Å². The summed E-state index contributed by atoms with van der Waals surface area (Å²) in [6, 6.07) is 0. The highest BCUT2D eigenvalue weighted by Gasteiger charge is 2.43. The van der Waals surface area contributed by atoms with Gasteiger partial charge in [0.1, 0.15) is 5.92 Å². The Hall–Kier alpha value is -0.610. The summed E-state index contributed by atoms with van der Waals surface area (Å²) in [6.07, 6.45) is -1.58. The lowest BCUT2D eigenvalue weighted by Gasteiger charge is -2.40. The predicted molar refractivity (Wildman–Crippen MR) is 55.1 cm³/mol. The van der Waals surface area contributed by atoms with Gasteiger partial charge in [0.05, 0.1) is 12.2 Å². The van der Waals surface area contributed by atoms with Gasteiger partial charge in [-0.05, 0) is 13.8 Å². The number of carbonyl (C=O) groups is 1. The van der Waals surface area contributed by atoms with Crippen LogP contribution in [0.15, 0.2) is 0 Å². The Bertz CT molecular complexity index is 241. The maximum atomic E-state index is 11.6. The first kappa shape index (κ1) is 12.5. The minimum Gasteiger partial charge on any atom is -0.435 e. The van der Waals surface area contributed by atoms with Gasteiger partial charge in [-0.3, -0.25) is 4.79 Å². The van der Waals surface area contributed by atoms with Crippen molar-refractivity contribution in [3.63, 3.8) is 0 Å². The van der Waals surface area contributed by atoms with Gasteiger partial charge >= 0.3 is 5.97 Å². The summed E-state index contributed by atoms with van der Waals surface area (Å²) in [6.45, 7) is 9.20. The number of aliphatic hydroxyl groups is 1. The average molecular weight is 216 g/mol. The fourth-order valence-electron chi connectivity index (χ4n) is 1.65. The molecule has 1 heterocycles. The molecule has 4 nitrogen and oxygen atoms in total. The Kier molecular flexibility index (Phi) is 3.41. The summed E-state index contributed by atoms with van der Waals surface area (Å²) in [5.74, 6) is -0.952. The highest BCUT2D eigenvalue weighted by molar-refractivity contribution is 5.74. The maximum Gasteiger partial charge on any atom is 0.316 e. The topological polar surface area (TPSA) is 55.8 Å². The van der Waals surface area contributed by atoms with Crippen molar-refractivity contribution in [3.05, 3.63) is 0 Å². The second kappa shape index (κ2) is 4.10. The zero-order valence-electron chi connectivity index (χ0n) is 9.98. The van der Waals surface area contributed by atoms with E-state index in [4.69, 9.17) is 9.47 Å². The van der Waals surface area contributed by atoms with Gasteiger partial charge in [-0.2, -0.15) is 0 Å². The van der Waals surface area contributed by atoms with E-state index in [9.17, 15) is 9.90 Å². The Labute approximate surface area is 90.6 Å². The van der Waals surface area contributed by atoms with Gasteiger partial charge in [0.25, 0.3) is 0 Å². The molecular weight excluding hydrogens is 196 g/mol. The highest BCUT2D eigenvalue weighted by atomic mass is 16.7. The van der Waals surface area contributed by atoms with Crippen molar-refractivity contribution in [3.8, 4) is 0 Å². The summed E-state index contributed by atoms with van der Waals surface area (Å²) in [5, 5.41) is 9.43. The van der Waals surface area contributed by atoms with E-state index in [0.717, 1.165) is 0 Å². The van der Waals surface area contributed by atoms with Crippen LogP contribution in [0, 0.1) is 11.3 Å². The molecule has 4 atom stereocenters. The molecule has 0 saturated carbocycles. The normalized spacial score (nSPS) is 34.8. The molecule has 0 aromatic rings. The first-order valence-corrected chi connectivity index (χ1v) is 5.27. The Morgan fingerprint density at radius 1 is 1.40 bits per heavy atom. The smallest absolute Gasteiger partial charge is 0.316 e. The molecule has 1 N–H and O–H groups in total. The average Bonchev–Trinajstić information content (AvgIpc) is 1.99. The second-order valence-electron chi connectivity index (χ2n) is 5.24. The van der Waals surface area contributed by atoms with E-state index in [0.29, 0.717) is 0 Å². The number of rotatable bonds is 1. The second-order valence-corrected chi connectivity index (χ2v) is 5.24. The molecule has 4 heteroatoms. The van der Waals surface area contributed by atoms with Gasteiger partial charge in [0.15, 0.2) is 0 Å². The van der Waals surface area contributed by atoms with Gasteiger partial charge in [0.2, 0.25) is 6.29 Å². The quantitative estimate of drug-likeness (QED) is 0.672. The van der Waals surface area contributed by atoms with Gasteiger partial charge < -0.3 is 14.6 Å². The number of carbonyl (C=O) groups excluding carboxylic acids is 1. The monoisotopic (exact) mass is 216 g/mol. The molecule has 0 aliphatic carbocycles. The van der Waals surface area contributed by atoms with E-state index in [2.05, 4.69) is 0 Å². The van der Waals surface area contributed by atoms with Gasteiger partial charge in [-0.1, -0.05) is 20.8 Å². The molecule has 0 radical (unpaired) electrons. The Morgan fingerprint density at radius 2 is 1.93 bits per heavy atom. The first-order valence-electron chi connectivity index (χ1n) is 5.27. The van der Waals surface area contributed by atoms with E-state index in [1.807, 2.05) is 20.8 Å². The third kappa shape index (κ3) is 2.69. The van der Waals surface area contributed by atoms with Crippen LogP contribution in [0.2, 0.25) is 0 Å². The number of ether oxygens (including phenoxy) is 2. The first-order chi connectivity index (χ1) is 6.73. The predicted octanol–water partition coefficient (Wildman–Crippen LogP) is 1.32. The van der Waals surface area contributed by atoms with E-state index in [1.54, 1.807) is 13.8 Å². The van der Waals surface area contributed by atoms with Crippen molar-refractivity contribution in [1.29, 1.82) is 0 Å². The number of esters is 1. The molecule has 88 valence electrons. The summed E-state index contributed by atoms with van der Waals surface area (Å²) in [7, 11) is 0. The van der Waals surface area contributed by atoms with Crippen LogP contribution in [0.25, 0.3) is 0 Å². The molecule has 0 amide bonds. The van der Waals surface area contributed by atoms with Crippen molar-refractivity contribution >= 4 is 5.97 Å². The number of hydrogen-bond donors (Lipinski definition) is 1. The van der Waals surface area contributed by atoms with Crippen molar-refractivity contribution in [2.75, 3.05) is 0 Å². The molecular formula is C11H20O4. The van der Waals surface area contributed by atoms with E-state index in [1.165, 1.54) is 0 Å². The molecule has 0 bridgehead atoms. The molecule has 1 aliphatic heterocycles. The van der Waals surface area contributed by atoms with Crippen molar-refractivity contribution in [2.24, 2.45) is 11.3 Å². The third-order valence-electron chi connectivity index (χ3n) is 2.57. The zero-order chi connectivity index (χ0) is 11.8. The Morgan fingerprint density at radius 3 is 2.27 bits per heavy atom. The SMILES string of the molecule is C[C@H](O)[C@H]1C(=O)O[C@H](C(C)(C)C)O[C@@H]1C. The fraction of sp³-hybridized carbons (Fsp3) is 0.909. The largest absolute Gasteiger partial charge is 0.435 e. The molecule has 0 unspecified atom stereocenters. The number of aliphatic hydroxyl groups excluding tert-OH is 1. The highest BCUT2D eigenvalue weighted by Crippen LogP contribution is 2.32. The summed E-state index contributed by atoms with van der Waals surface area (Å²) in [5.41, 5.74) is -0.242. The van der Waals surface area contributed by atoms with Crippen LogP contribution >= 0.6 is 0 Å². The van der Waals surface area contributed by atoms with Crippen molar-refractivity contribution < 1.29 is 19.4 Å². The molecule has 1 saturated heterocycles. The zero-order valence-corrected chi connectivity index (χ0v) is 9.98. The molecule has 1 aliphatic rings. The summed E-state index contributed by atoms with van der Waals surface area (Å²) in [4.78, 5) is 11.6. The number of hydrogen-bond acceptors (Lipinski definition) is 4. The van der Waals surface area contributed by atoms with Crippen LogP contribution in [0.5, 0.6) is 0 Å². The van der Waals surface area contributed by atoms with Crippen molar-refractivity contribution in [2.45, 2.75) is 53.1 Å². The molecule has 15 heavy (non-hydrogen) atoms. The lowest BCUT2D eigenvalue weighted by molar-refractivity contribution is -0.260. The van der Waals surface area contributed by atoms with Crippen LogP contribution in [-0.2, 0) is 14.3 Å². The molecule has 0 aromatic carbocycles. The molecule has 1 rings (SSSR count). The van der Waals surface area contributed by atoms with Crippen LogP contribution in [0.3, 0.4) is 0 Å². The minimum atomic E-state index is -0.742. The Balaban J connectivity index is 2.76. The molecule has 1 fully saturated rings. The van der Waals surface area contributed by atoms with Gasteiger partial charge in [0, 0.05) is 5.41 Å².